The van der Waals surface area contributed by atoms with Gasteiger partial charge in [-0.15, -0.1) is 11.3 Å². The second-order valence-electron chi connectivity index (χ2n) is 8.76. The van der Waals surface area contributed by atoms with Crippen LogP contribution in [0.15, 0.2) is 0 Å². The third-order valence-corrected chi connectivity index (χ3v) is 8.54. The molecule has 152 valence electrons. The third-order valence-electron chi connectivity index (χ3n) is 7.33. The summed E-state index contributed by atoms with van der Waals surface area (Å²) >= 11 is 1.45. The molecule has 1 aromatic rings. The summed E-state index contributed by atoms with van der Waals surface area (Å²) in [4.78, 5) is 39.7. The minimum atomic E-state index is -1.20. The predicted octanol–water partition coefficient (Wildman–Crippen LogP) is 3.86. The molecule has 1 aliphatic heterocycles. The summed E-state index contributed by atoms with van der Waals surface area (Å²) in [5.74, 6) is -1.04. The van der Waals surface area contributed by atoms with Crippen LogP contribution in [0.3, 0.4) is 0 Å². The van der Waals surface area contributed by atoms with Crippen LogP contribution in [0.2, 0.25) is 0 Å². The van der Waals surface area contributed by atoms with Gasteiger partial charge in [-0.2, -0.15) is 0 Å². The Kier molecular flexibility index (Phi) is 4.38. The fourth-order valence-electron chi connectivity index (χ4n) is 5.02. The van der Waals surface area contributed by atoms with Crippen molar-refractivity contribution < 1.29 is 23.9 Å². The number of hydrogen-bond acceptors (Lipinski definition) is 6. The number of carbonyl (C=O) groups is 3. The smallest absolute Gasteiger partial charge is 0.341 e. The molecule has 1 saturated carbocycles. The first-order valence-corrected chi connectivity index (χ1v) is 10.9. The molecule has 3 aliphatic rings. The zero-order chi connectivity index (χ0) is 20.3. The van der Waals surface area contributed by atoms with Gasteiger partial charge in [0.1, 0.15) is 5.00 Å². The quantitative estimate of drug-likeness (QED) is 0.769. The molecule has 1 amide bonds. The first-order chi connectivity index (χ1) is 13.2. The van der Waals surface area contributed by atoms with Crippen LogP contribution in [0.25, 0.3) is 0 Å². The van der Waals surface area contributed by atoms with Crippen molar-refractivity contribution in [2.24, 2.45) is 10.8 Å². The number of carbonyl (C=O) groups excluding carboxylic acids is 3. The molecule has 1 saturated heterocycles. The van der Waals surface area contributed by atoms with Gasteiger partial charge in [0.25, 0.3) is 5.91 Å². The van der Waals surface area contributed by atoms with Crippen LogP contribution in [-0.2, 0) is 31.9 Å². The molecule has 0 radical (unpaired) electrons. The summed E-state index contributed by atoms with van der Waals surface area (Å²) in [6.45, 7) is 7.79. The average molecular weight is 406 g/mol. The summed E-state index contributed by atoms with van der Waals surface area (Å²) in [6, 6.07) is 0. The van der Waals surface area contributed by atoms with Gasteiger partial charge in [-0.3, -0.25) is 9.59 Å². The molecule has 0 spiro atoms. The number of esters is 2. The fourth-order valence-corrected chi connectivity index (χ4v) is 6.30. The summed E-state index contributed by atoms with van der Waals surface area (Å²) in [5.41, 5.74) is -1.00. The fraction of sp³-hybridized carbons (Fsp3) is 0.667. The van der Waals surface area contributed by atoms with Crippen molar-refractivity contribution in [3.05, 3.63) is 16.0 Å². The van der Waals surface area contributed by atoms with Crippen LogP contribution in [0, 0.1) is 10.8 Å². The van der Waals surface area contributed by atoms with E-state index in [-0.39, 0.29) is 18.5 Å². The number of aryl methyl sites for hydroxylation is 1. The lowest BCUT2D eigenvalue weighted by atomic mass is 9.66. The van der Waals surface area contributed by atoms with Crippen molar-refractivity contribution in [3.63, 3.8) is 0 Å². The van der Waals surface area contributed by atoms with Gasteiger partial charge in [-0.25, -0.2) is 4.79 Å². The molecular weight excluding hydrogens is 378 g/mol. The van der Waals surface area contributed by atoms with Crippen molar-refractivity contribution >= 4 is 34.2 Å². The van der Waals surface area contributed by atoms with Gasteiger partial charge in [-0.05, 0) is 57.9 Å². The maximum Gasteiger partial charge on any atom is 0.341 e. The molecule has 0 aromatic carbocycles. The van der Waals surface area contributed by atoms with Gasteiger partial charge in [0, 0.05) is 10.3 Å². The average Bonchev–Trinajstić information content (AvgIpc) is 3.15. The largest absolute Gasteiger partial charge is 0.462 e. The van der Waals surface area contributed by atoms with Crippen molar-refractivity contribution in [3.8, 4) is 0 Å². The second-order valence-corrected chi connectivity index (χ2v) is 9.87. The molecule has 2 bridgehead atoms. The highest BCUT2D eigenvalue weighted by atomic mass is 32.1. The number of fused-ring (bicyclic) bond motifs is 3. The minimum absolute atomic E-state index is 0.282. The normalized spacial score (nSPS) is 29.9. The van der Waals surface area contributed by atoms with E-state index in [0.717, 1.165) is 36.1 Å². The number of thiophene rings is 1. The van der Waals surface area contributed by atoms with Crippen LogP contribution in [0.4, 0.5) is 5.00 Å². The zero-order valence-electron chi connectivity index (χ0n) is 16.9. The van der Waals surface area contributed by atoms with E-state index in [2.05, 4.69) is 5.32 Å². The summed E-state index contributed by atoms with van der Waals surface area (Å²) in [5, 5.41) is 3.49. The van der Waals surface area contributed by atoms with Crippen molar-refractivity contribution in [2.45, 2.75) is 71.8 Å². The molecule has 28 heavy (non-hydrogen) atoms. The molecule has 1 aromatic heterocycles. The third kappa shape index (κ3) is 2.34. The monoisotopic (exact) mass is 405 g/mol. The van der Waals surface area contributed by atoms with E-state index in [1.165, 1.54) is 11.3 Å². The maximum absolute atomic E-state index is 13.4. The van der Waals surface area contributed by atoms with E-state index in [1.807, 2.05) is 20.8 Å². The van der Waals surface area contributed by atoms with Crippen LogP contribution in [0.1, 0.15) is 74.2 Å². The summed E-state index contributed by atoms with van der Waals surface area (Å²) < 4.78 is 11.0. The van der Waals surface area contributed by atoms with Crippen molar-refractivity contribution in [1.29, 1.82) is 0 Å². The van der Waals surface area contributed by atoms with Gasteiger partial charge in [0.05, 0.1) is 17.6 Å². The minimum Gasteiger partial charge on any atom is -0.462 e. The Hall–Kier alpha value is -1.89. The molecule has 2 heterocycles. The highest BCUT2D eigenvalue weighted by Crippen LogP contribution is 2.65. The number of amides is 1. The Labute approximate surface area is 169 Å². The highest BCUT2D eigenvalue weighted by Gasteiger charge is 2.75. The Morgan fingerprint density at radius 3 is 2.50 bits per heavy atom. The highest BCUT2D eigenvalue weighted by molar-refractivity contribution is 7.17. The lowest BCUT2D eigenvalue weighted by Crippen LogP contribution is -2.50. The lowest BCUT2D eigenvalue weighted by Gasteiger charge is -2.35. The van der Waals surface area contributed by atoms with Crippen LogP contribution < -0.4 is 5.32 Å². The number of hydrogen-bond donors (Lipinski definition) is 1. The topological polar surface area (TPSA) is 81.7 Å². The van der Waals surface area contributed by atoms with E-state index < -0.39 is 22.4 Å². The Morgan fingerprint density at radius 2 is 1.89 bits per heavy atom. The molecule has 7 heteroatoms. The van der Waals surface area contributed by atoms with Crippen molar-refractivity contribution in [1.82, 2.24) is 0 Å². The second kappa shape index (κ2) is 6.31. The summed E-state index contributed by atoms with van der Waals surface area (Å²) in [7, 11) is 0. The van der Waals surface area contributed by atoms with Crippen LogP contribution >= 0.6 is 11.3 Å². The van der Waals surface area contributed by atoms with Gasteiger partial charge < -0.3 is 14.8 Å². The molecule has 2 atom stereocenters. The molecular formula is C21H27NO5S. The predicted molar refractivity (Wildman–Crippen MR) is 105 cm³/mol. The number of ether oxygens (including phenoxy) is 2. The molecule has 1 N–H and O–H groups in total. The number of rotatable bonds is 4. The molecule has 2 aliphatic carbocycles. The lowest BCUT2D eigenvalue weighted by molar-refractivity contribution is -0.165. The first-order valence-electron chi connectivity index (χ1n) is 10.0. The van der Waals surface area contributed by atoms with Gasteiger partial charge >= 0.3 is 11.9 Å². The Bertz CT molecular complexity index is 872. The van der Waals surface area contributed by atoms with E-state index in [4.69, 9.17) is 9.47 Å². The van der Waals surface area contributed by atoms with E-state index >= 15 is 0 Å². The maximum atomic E-state index is 13.4. The first kappa shape index (κ1) is 19.4. The molecule has 4 rings (SSSR count). The molecule has 0 unspecified atom stereocenters. The zero-order valence-corrected chi connectivity index (χ0v) is 17.7. The number of nitrogens with one attached hydrogen (secondary N) is 1. The molecule has 6 nitrogen and oxygen atoms in total. The van der Waals surface area contributed by atoms with Crippen molar-refractivity contribution in [2.75, 3.05) is 11.9 Å². The van der Waals surface area contributed by atoms with Crippen LogP contribution in [0.5, 0.6) is 0 Å². The Morgan fingerprint density at radius 1 is 1.18 bits per heavy atom. The van der Waals surface area contributed by atoms with E-state index in [1.54, 1.807) is 6.92 Å². The SMILES string of the molecule is CCOC(=O)c1c(NC(=O)[C@]23CC[C@](C)(C(=O)O2)C3(C)C)sc2c1CCCC2. The molecule has 2 fully saturated rings. The number of anilines is 1. The van der Waals surface area contributed by atoms with Crippen LogP contribution in [-0.4, -0.2) is 30.1 Å². The van der Waals surface area contributed by atoms with E-state index in [0.29, 0.717) is 23.4 Å². The Balaban J connectivity index is 1.70. The van der Waals surface area contributed by atoms with E-state index in [9.17, 15) is 14.4 Å². The van der Waals surface area contributed by atoms with Gasteiger partial charge in [-0.1, -0.05) is 13.8 Å². The standard InChI is InChI=1S/C21H27NO5S/c1-5-26-16(23)14-12-8-6-7-9-13(12)28-15(14)22-17(24)21-11-10-20(4,18(25)27-21)19(21,2)3/h5-11H2,1-4H3,(H,22,24)/t20-,21+/m1/s1. The van der Waals surface area contributed by atoms with Gasteiger partial charge in [0.15, 0.2) is 5.60 Å². The summed E-state index contributed by atoms with van der Waals surface area (Å²) in [6.07, 6.45) is 4.95. The van der Waals surface area contributed by atoms with Gasteiger partial charge in [0.2, 0.25) is 0 Å².